The Hall–Kier alpha value is -2.43. The summed E-state index contributed by atoms with van der Waals surface area (Å²) in [5, 5.41) is 2.86. The fourth-order valence-corrected chi connectivity index (χ4v) is 2.18. The van der Waals surface area contributed by atoms with Crippen molar-refractivity contribution in [3.63, 3.8) is 0 Å². The van der Waals surface area contributed by atoms with E-state index < -0.39 is 0 Å². The molecule has 0 spiro atoms. The Bertz CT molecular complexity index is 728. The summed E-state index contributed by atoms with van der Waals surface area (Å²) in [7, 11) is 0. The maximum Gasteiger partial charge on any atom is 0.254 e. The average Bonchev–Trinajstić information content (AvgIpc) is 2.40. The molecular formula is C17H21N3O2. The lowest BCUT2D eigenvalue weighted by Gasteiger charge is -2.21. The summed E-state index contributed by atoms with van der Waals surface area (Å²) in [6.07, 6.45) is 0. The highest BCUT2D eigenvalue weighted by molar-refractivity contribution is 5.77. The molecule has 0 unspecified atom stereocenters. The molecule has 1 aromatic carbocycles. The number of aromatic nitrogens is 2. The number of hydrogen-bond donors (Lipinski definition) is 1. The van der Waals surface area contributed by atoms with Crippen LogP contribution >= 0.6 is 0 Å². The maximum atomic E-state index is 12.3. The molecule has 0 aliphatic carbocycles. The number of rotatable bonds is 3. The van der Waals surface area contributed by atoms with Gasteiger partial charge in [0.25, 0.3) is 5.56 Å². The second kappa shape index (κ2) is 6.13. The lowest BCUT2D eigenvalue weighted by molar-refractivity contribution is -0.123. The number of carbonyl (C=O) groups excluding carboxylic acids is 1. The van der Waals surface area contributed by atoms with Gasteiger partial charge in [0.15, 0.2) is 0 Å². The highest BCUT2D eigenvalue weighted by atomic mass is 16.2. The van der Waals surface area contributed by atoms with E-state index in [1.807, 2.05) is 51.1 Å². The fraction of sp³-hybridized carbons (Fsp3) is 0.353. The number of nitrogens with zero attached hydrogens (tertiary/aromatic N) is 2. The van der Waals surface area contributed by atoms with Crippen molar-refractivity contribution in [2.24, 2.45) is 0 Å². The van der Waals surface area contributed by atoms with Crippen LogP contribution in [0.25, 0.3) is 11.4 Å². The third-order valence-corrected chi connectivity index (χ3v) is 2.98. The number of nitrogens with one attached hydrogen (secondary N) is 1. The first-order chi connectivity index (χ1) is 10.3. The molecule has 1 aromatic heterocycles. The van der Waals surface area contributed by atoms with Crippen LogP contribution in [-0.2, 0) is 11.3 Å². The molecule has 0 bridgehead atoms. The van der Waals surface area contributed by atoms with Crippen LogP contribution in [0.5, 0.6) is 0 Å². The molecule has 0 atom stereocenters. The standard InChI is InChI=1S/C17H21N3O2/c1-12-10-15(22)20(11-14(21)19-17(2,3)4)16(18-12)13-8-6-5-7-9-13/h5-10H,11H2,1-4H3,(H,19,21). The van der Waals surface area contributed by atoms with Crippen LogP contribution in [0.3, 0.4) is 0 Å². The van der Waals surface area contributed by atoms with Gasteiger partial charge in [0.05, 0.1) is 0 Å². The lowest BCUT2D eigenvalue weighted by atomic mass is 10.1. The van der Waals surface area contributed by atoms with Crippen molar-refractivity contribution in [3.05, 3.63) is 52.4 Å². The van der Waals surface area contributed by atoms with Crippen LogP contribution in [0.15, 0.2) is 41.2 Å². The van der Waals surface area contributed by atoms with E-state index in [0.717, 1.165) is 5.56 Å². The van der Waals surface area contributed by atoms with Crippen molar-refractivity contribution >= 4 is 5.91 Å². The molecule has 0 aliphatic rings. The SMILES string of the molecule is Cc1cc(=O)n(CC(=O)NC(C)(C)C)c(-c2ccccc2)n1. The zero-order chi connectivity index (χ0) is 16.3. The number of benzene rings is 1. The Morgan fingerprint density at radius 2 is 1.86 bits per heavy atom. The van der Waals surface area contributed by atoms with Gasteiger partial charge in [0.2, 0.25) is 5.91 Å². The van der Waals surface area contributed by atoms with Crippen molar-refractivity contribution in [1.29, 1.82) is 0 Å². The third kappa shape index (κ3) is 4.04. The van der Waals surface area contributed by atoms with E-state index in [-0.39, 0.29) is 23.6 Å². The van der Waals surface area contributed by atoms with E-state index in [4.69, 9.17) is 0 Å². The Morgan fingerprint density at radius 3 is 2.45 bits per heavy atom. The first kappa shape index (κ1) is 15.9. The predicted octanol–water partition coefficient (Wildman–Crippen LogP) is 2.13. The summed E-state index contributed by atoms with van der Waals surface area (Å²) in [6, 6.07) is 10.8. The minimum atomic E-state index is -0.342. The van der Waals surface area contributed by atoms with E-state index >= 15 is 0 Å². The largest absolute Gasteiger partial charge is 0.350 e. The van der Waals surface area contributed by atoms with E-state index in [9.17, 15) is 9.59 Å². The van der Waals surface area contributed by atoms with Gasteiger partial charge in [-0.2, -0.15) is 0 Å². The smallest absolute Gasteiger partial charge is 0.254 e. The molecule has 1 N–H and O–H groups in total. The highest BCUT2D eigenvalue weighted by Crippen LogP contribution is 2.15. The van der Waals surface area contributed by atoms with Gasteiger partial charge in [-0.3, -0.25) is 14.2 Å². The van der Waals surface area contributed by atoms with E-state index in [2.05, 4.69) is 10.3 Å². The first-order valence-corrected chi connectivity index (χ1v) is 7.21. The normalized spacial score (nSPS) is 11.3. The summed E-state index contributed by atoms with van der Waals surface area (Å²) in [4.78, 5) is 28.9. The summed E-state index contributed by atoms with van der Waals surface area (Å²) in [5.41, 5.74) is 0.879. The van der Waals surface area contributed by atoms with Gasteiger partial charge in [-0.25, -0.2) is 4.98 Å². The van der Waals surface area contributed by atoms with Gasteiger partial charge in [-0.05, 0) is 27.7 Å². The molecule has 0 aliphatic heterocycles. The summed E-state index contributed by atoms with van der Waals surface area (Å²) < 4.78 is 1.41. The van der Waals surface area contributed by atoms with Crippen LogP contribution in [0.2, 0.25) is 0 Å². The van der Waals surface area contributed by atoms with Crippen LogP contribution in [0.1, 0.15) is 26.5 Å². The van der Waals surface area contributed by atoms with Crippen LogP contribution in [0.4, 0.5) is 0 Å². The van der Waals surface area contributed by atoms with Gasteiger partial charge in [-0.1, -0.05) is 30.3 Å². The zero-order valence-electron chi connectivity index (χ0n) is 13.4. The minimum absolute atomic E-state index is 0.0480. The summed E-state index contributed by atoms with van der Waals surface area (Å²) in [6.45, 7) is 7.43. The Labute approximate surface area is 130 Å². The predicted molar refractivity (Wildman–Crippen MR) is 86.6 cm³/mol. The Balaban J connectivity index is 2.43. The molecule has 22 heavy (non-hydrogen) atoms. The zero-order valence-corrected chi connectivity index (χ0v) is 13.4. The molecule has 2 rings (SSSR count). The van der Waals surface area contributed by atoms with Gasteiger partial charge in [0, 0.05) is 22.9 Å². The fourth-order valence-electron chi connectivity index (χ4n) is 2.18. The molecule has 116 valence electrons. The topological polar surface area (TPSA) is 64.0 Å². The molecule has 5 nitrogen and oxygen atoms in total. The lowest BCUT2D eigenvalue weighted by Crippen LogP contribution is -2.43. The van der Waals surface area contributed by atoms with Crippen molar-refractivity contribution in [2.75, 3.05) is 0 Å². The quantitative estimate of drug-likeness (QED) is 0.944. The van der Waals surface area contributed by atoms with Gasteiger partial charge in [0.1, 0.15) is 12.4 Å². The van der Waals surface area contributed by atoms with Crippen LogP contribution in [0, 0.1) is 6.92 Å². The minimum Gasteiger partial charge on any atom is -0.350 e. The molecule has 0 radical (unpaired) electrons. The van der Waals surface area contributed by atoms with Crippen molar-refractivity contribution < 1.29 is 4.79 Å². The second-order valence-electron chi connectivity index (χ2n) is 6.31. The number of carbonyl (C=O) groups is 1. The van der Waals surface area contributed by atoms with E-state index in [1.54, 1.807) is 6.92 Å². The second-order valence-corrected chi connectivity index (χ2v) is 6.31. The van der Waals surface area contributed by atoms with Gasteiger partial charge in [-0.15, -0.1) is 0 Å². The summed E-state index contributed by atoms with van der Waals surface area (Å²) in [5.74, 6) is 0.298. The molecule has 0 fully saturated rings. The monoisotopic (exact) mass is 299 g/mol. The number of amides is 1. The molecule has 2 aromatic rings. The van der Waals surface area contributed by atoms with Crippen LogP contribution < -0.4 is 10.9 Å². The molecule has 1 heterocycles. The van der Waals surface area contributed by atoms with Crippen LogP contribution in [-0.4, -0.2) is 21.0 Å². The van der Waals surface area contributed by atoms with E-state index in [0.29, 0.717) is 11.5 Å². The highest BCUT2D eigenvalue weighted by Gasteiger charge is 2.17. The number of hydrogen-bond acceptors (Lipinski definition) is 3. The van der Waals surface area contributed by atoms with Gasteiger partial charge >= 0.3 is 0 Å². The molecule has 0 saturated heterocycles. The Morgan fingerprint density at radius 1 is 1.23 bits per heavy atom. The molecule has 1 amide bonds. The first-order valence-electron chi connectivity index (χ1n) is 7.21. The van der Waals surface area contributed by atoms with Crippen molar-refractivity contribution in [3.8, 4) is 11.4 Å². The average molecular weight is 299 g/mol. The van der Waals surface area contributed by atoms with Gasteiger partial charge < -0.3 is 5.32 Å². The summed E-state index contributed by atoms with van der Waals surface area (Å²) >= 11 is 0. The van der Waals surface area contributed by atoms with Crippen molar-refractivity contribution in [1.82, 2.24) is 14.9 Å². The Kier molecular flexibility index (Phi) is 4.45. The number of aryl methyl sites for hydroxylation is 1. The molecule has 0 saturated carbocycles. The third-order valence-electron chi connectivity index (χ3n) is 2.98. The van der Waals surface area contributed by atoms with Crippen molar-refractivity contribution in [2.45, 2.75) is 39.8 Å². The molecule has 5 heteroatoms. The van der Waals surface area contributed by atoms with E-state index in [1.165, 1.54) is 10.6 Å². The maximum absolute atomic E-state index is 12.3. The molecular weight excluding hydrogens is 278 g/mol.